The lowest BCUT2D eigenvalue weighted by atomic mass is 10.2. The van der Waals surface area contributed by atoms with Gasteiger partial charge in [-0.05, 0) is 31.4 Å². The van der Waals surface area contributed by atoms with Crippen LogP contribution in [0.5, 0.6) is 5.75 Å². The zero-order chi connectivity index (χ0) is 13.6. The van der Waals surface area contributed by atoms with Crippen molar-refractivity contribution in [2.75, 3.05) is 7.11 Å². The van der Waals surface area contributed by atoms with Gasteiger partial charge >= 0.3 is 0 Å². The van der Waals surface area contributed by atoms with Crippen LogP contribution in [0.2, 0.25) is 0 Å². The Morgan fingerprint density at radius 1 is 1.47 bits per heavy atom. The molecule has 1 saturated carbocycles. The number of hydrogen-bond acceptors (Lipinski definition) is 3. The van der Waals surface area contributed by atoms with Crippen LogP contribution in [0.4, 0.5) is 0 Å². The van der Waals surface area contributed by atoms with Gasteiger partial charge in [0, 0.05) is 13.0 Å². The number of carbonyl (C=O) groups excluding carboxylic acids is 1. The number of hydrogen-bond donors (Lipinski definition) is 0. The summed E-state index contributed by atoms with van der Waals surface area (Å²) in [6.45, 7) is 2.06. The summed E-state index contributed by atoms with van der Waals surface area (Å²) in [5, 5.41) is 0. The number of aryl methyl sites for hydroxylation is 2. The van der Waals surface area contributed by atoms with Gasteiger partial charge in [-0.3, -0.25) is 4.79 Å². The molecule has 0 unspecified atom stereocenters. The van der Waals surface area contributed by atoms with Crippen molar-refractivity contribution in [3.05, 3.63) is 22.5 Å². The van der Waals surface area contributed by atoms with Gasteiger partial charge in [-0.15, -0.1) is 0 Å². The highest BCUT2D eigenvalue weighted by atomic mass is 32.1. The van der Waals surface area contributed by atoms with Crippen LogP contribution in [0.1, 0.15) is 18.4 Å². The topological polar surface area (TPSA) is 43.6 Å². The highest BCUT2D eigenvalue weighted by Crippen LogP contribution is 2.31. The van der Waals surface area contributed by atoms with Crippen molar-refractivity contribution in [2.24, 2.45) is 18.0 Å². The summed E-state index contributed by atoms with van der Waals surface area (Å²) in [5.74, 6) is 0.992. The minimum Gasteiger partial charge on any atom is -0.495 e. The first-order valence-corrected chi connectivity index (χ1v) is 7.15. The molecule has 3 rings (SSSR count). The van der Waals surface area contributed by atoms with E-state index in [-0.39, 0.29) is 11.8 Å². The normalized spacial score (nSPS) is 16.1. The van der Waals surface area contributed by atoms with Gasteiger partial charge in [-0.25, -0.2) is 0 Å². The fourth-order valence-corrected chi connectivity index (χ4v) is 3.24. The van der Waals surface area contributed by atoms with Gasteiger partial charge in [0.15, 0.2) is 4.80 Å². The molecule has 0 saturated heterocycles. The molecule has 1 aliphatic carbocycles. The van der Waals surface area contributed by atoms with Crippen molar-refractivity contribution in [2.45, 2.75) is 19.8 Å². The standard InChI is InChI=1S/C14H16N2O2S/c1-8-4-7-10(18-3)11-12(8)19-14(16(11)2)15-13(17)9-5-6-9/h4,7,9H,5-6H2,1-3H3. The molecule has 1 aromatic carbocycles. The van der Waals surface area contributed by atoms with Crippen LogP contribution in [0.15, 0.2) is 17.1 Å². The van der Waals surface area contributed by atoms with E-state index < -0.39 is 0 Å². The molecule has 0 bridgehead atoms. The molecule has 1 fully saturated rings. The van der Waals surface area contributed by atoms with Crippen LogP contribution >= 0.6 is 11.3 Å². The molecule has 0 spiro atoms. The van der Waals surface area contributed by atoms with Crippen molar-refractivity contribution in [1.29, 1.82) is 0 Å². The van der Waals surface area contributed by atoms with Gasteiger partial charge in [0.25, 0.3) is 5.91 Å². The van der Waals surface area contributed by atoms with Crippen molar-refractivity contribution < 1.29 is 9.53 Å². The predicted molar refractivity (Wildman–Crippen MR) is 75.4 cm³/mol. The fourth-order valence-electron chi connectivity index (χ4n) is 2.13. The smallest absolute Gasteiger partial charge is 0.251 e. The first kappa shape index (κ1) is 12.4. The van der Waals surface area contributed by atoms with E-state index in [0.717, 1.165) is 33.6 Å². The van der Waals surface area contributed by atoms with E-state index in [4.69, 9.17) is 4.74 Å². The number of rotatable bonds is 2. The van der Waals surface area contributed by atoms with Gasteiger partial charge in [-0.2, -0.15) is 4.99 Å². The maximum absolute atomic E-state index is 11.8. The average molecular weight is 276 g/mol. The maximum Gasteiger partial charge on any atom is 0.251 e. The lowest BCUT2D eigenvalue weighted by molar-refractivity contribution is -0.119. The molecule has 4 nitrogen and oxygen atoms in total. The van der Waals surface area contributed by atoms with Crippen molar-refractivity contribution in [3.63, 3.8) is 0 Å². The van der Waals surface area contributed by atoms with Gasteiger partial charge < -0.3 is 9.30 Å². The van der Waals surface area contributed by atoms with E-state index in [0.29, 0.717) is 0 Å². The molecule has 1 aromatic heterocycles. The maximum atomic E-state index is 11.8. The Bertz CT molecular complexity index is 723. The van der Waals surface area contributed by atoms with E-state index in [2.05, 4.69) is 11.9 Å². The lowest BCUT2D eigenvalue weighted by Gasteiger charge is -2.05. The van der Waals surface area contributed by atoms with E-state index in [9.17, 15) is 4.79 Å². The zero-order valence-electron chi connectivity index (χ0n) is 11.3. The Morgan fingerprint density at radius 3 is 2.84 bits per heavy atom. The third kappa shape index (κ3) is 2.08. The summed E-state index contributed by atoms with van der Waals surface area (Å²) in [5.41, 5.74) is 2.19. The van der Waals surface area contributed by atoms with E-state index in [1.165, 1.54) is 5.56 Å². The monoisotopic (exact) mass is 276 g/mol. The van der Waals surface area contributed by atoms with Gasteiger partial charge in [0.2, 0.25) is 0 Å². The quantitative estimate of drug-likeness (QED) is 0.845. The average Bonchev–Trinajstić information content (AvgIpc) is 3.19. The Hall–Kier alpha value is -1.62. The van der Waals surface area contributed by atoms with Gasteiger partial charge in [-0.1, -0.05) is 17.4 Å². The second-order valence-corrected chi connectivity index (χ2v) is 5.91. The number of carbonyl (C=O) groups is 1. The molecule has 0 N–H and O–H groups in total. The number of amides is 1. The van der Waals surface area contributed by atoms with E-state index in [1.807, 2.05) is 23.7 Å². The number of nitrogens with zero attached hydrogens (tertiary/aromatic N) is 2. The molecule has 1 aliphatic rings. The summed E-state index contributed by atoms with van der Waals surface area (Å²) in [6, 6.07) is 3.99. The van der Waals surface area contributed by atoms with Crippen LogP contribution in [-0.2, 0) is 11.8 Å². The van der Waals surface area contributed by atoms with Crippen LogP contribution in [0.3, 0.4) is 0 Å². The van der Waals surface area contributed by atoms with Crippen molar-refractivity contribution in [3.8, 4) is 5.75 Å². The molecule has 19 heavy (non-hydrogen) atoms. The Kier molecular flexibility index (Phi) is 2.93. The molecule has 0 aliphatic heterocycles. The Labute approximate surface area is 115 Å². The molecule has 100 valence electrons. The molecule has 0 atom stereocenters. The molecule has 1 heterocycles. The Morgan fingerprint density at radius 2 is 2.21 bits per heavy atom. The zero-order valence-corrected chi connectivity index (χ0v) is 12.1. The van der Waals surface area contributed by atoms with Crippen LogP contribution in [0, 0.1) is 12.8 Å². The van der Waals surface area contributed by atoms with Crippen LogP contribution < -0.4 is 9.54 Å². The number of ether oxygens (including phenoxy) is 1. The number of aromatic nitrogens is 1. The fraction of sp³-hybridized carbons (Fsp3) is 0.429. The number of benzene rings is 1. The summed E-state index contributed by atoms with van der Waals surface area (Å²) in [4.78, 5) is 16.8. The lowest BCUT2D eigenvalue weighted by Crippen LogP contribution is -2.14. The summed E-state index contributed by atoms with van der Waals surface area (Å²) < 4.78 is 8.48. The minimum absolute atomic E-state index is 0.0128. The Balaban J connectivity index is 2.24. The molecule has 2 aromatic rings. The molecular formula is C14H16N2O2S. The molecule has 0 radical (unpaired) electrons. The highest BCUT2D eigenvalue weighted by Gasteiger charge is 2.29. The minimum atomic E-state index is 0.0128. The predicted octanol–water partition coefficient (Wildman–Crippen LogP) is 2.39. The van der Waals surface area contributed by atoms with E-state index >= 15 is 0 Å². The molecule has 1 amide bonds. The second-order valence-electron chi connectivity index (χ2n) is 4.93. The largest absolute Gasteiger partial charge is 0.495 e. The number of thiazole rings is 1. The molecular weight excluding hydrogens is 260 g/mol. The summed E-state index contributed by atoms with van der Waals surface area (Å²) in [6.07, 6.45) is 1.97. The SMILES string of the molecule is COc1ccc(C)c2sc(=NC(=O)C3CC3)n(C)c12. The van der Waals surface area contributed by atoms with Crippen molar-refractivity contribution >= 4 is 27.5 Å². The third-order valence-corrected chi connectivity index (χ3v) is 4.73. The second kappa shape index (κ2) is 4.49. The van der Waals surface area contributed by atoms with Crippen LogP contribution in [0.25, 0.3) is 10.2 Å². The van der Waals surface area contributed by atoms with E-state index in [1.54, 1.807) is 18.4 Å². The van der Waals surface area contributed by atoms with Gasteiger partial charge in [0.05, 0.1) is 11.8 Å². The van der Waals surface area contributed by atoms with Crippen molar-refractivity contribution in [1.82, 2.24) is 4.57 Å². The van der Waals surface area contributed by atoms with Gasteiger partial charge in [0.1, 0.15) is 11.3 Å². The summed E-state index contributed by atoms with van der Waals surface area (Å²) >= 11 is 1.55. The highest BCUT2D eigenvalue weighted by molar-refractivity contribution is 7.16. The number of fused-ring (bicyclic) bond motifs is 1. The number of methoxy groups -OCH3 is 1. The summed E-state index contributed by atoms with van der Waals surface area (Å²) in [7, 11) is 3.59. The first-order chi connectivity index (χ1) is 9.11. The molecule has 5 heteroatoms. The third-order valence-electron chi connectivity index (χ3n) is 3.46. The first-order valence-electron chi connectivity index (χ1n) is 6.33. The van der Waals surface area contributed by atoms with Crippen LogP contribution in [-0.4, -0.2) is 17.6 Å².